The summed E-state index contributed by atoms with van der Waals surface area (Å²) in [5.41, 5.74) is 6.89. The molecule has 0 bridgehead atoms. The molecule has 0 heterocycles. The Morgan fingerprint density at radius 3 is 2.12 bits per heavy atom. The van der Waals surface area contributed by atoms with Crippen LogP contribution in [0.5, 0.6) is 11.5 Å². The van der Waals surface area contributed by atoms with E-state index in [0.29, 0.717) is 11.4 Å². The largest absolute Gasteiger partial charge is 0.454 e. The van der Waals surface area contributed by atoms with Crippen molar-refractivity contribution >= 4 is 21.4 Å². The Hall–Kier alpha value is -2.99. The molecule has 3 rings (SSSR count). The number of nitrogen functional groups attached to an aromatic ring is 1. The van der Waals surface area contributed by atoms with E-state index in [2.05, 4.69) is 0 Å². The summed E-state index contributed by atoms with van der Waals surface area (Å²) in [6, 6.07) is 22.7. The molecule has 6 heteroatoms. The number of nitrogens with two attached hydrogens (primary N) is 1. The fraction of sp³-hybridized carbons (Fsp3) is 0.100. The molecule has 3 aromatic carbocycles. The molecule has 0 unspecified atom stereocenters. The number of para-hydroxylation sites is 3. The van der Waals surface area contributed by atoms with Gasteiger partial charge in [0.05, 0.1) is 11.4 Å². The number of anilines is 2. The first-order valence-electron chi connectivity index (χ1n) is 8.23. The van der Waals surface area contributed by atoms with Crippen LogP contribution in [0.2, 0.25) is 0 Å². The lowest BCUT2D eigenvalue weighted by Crippen LogP contribution is -2.31. The summed E-state index contributed by atoms with van der Waals surface area (Å²) in [5.74, 6) is 0.651. The van der Waals surface area contributed by atoms with Gasteiger partial charge in [-0.05, 0) is 43.3 Å². The van der Waals surface area contributed by atoms with Crippen LogP contribution in [0, 0.1) is 0 Å². The van der Waals surface area contributed by atoms with Crippen LogP contribution in [0.4, 0.5) is 11.4 Å². The molecule has 2 N–H and O–H groups in total. The van der Waals surface area contributed by atoms with Gasteiger partial charge < -0.3 is 10.5 Å². The van der Waals surface area contributed by atoms with Gasteiger partial charge in [-0.1, -0.05) is 42.5 Å². The first-order valence-corrected chi connectivity index (χ1v) is 9.67. The Labute approximate surface area is 153 Å². The van der Waals surface area contributed by atoms with Crippen molar-refractivity contribution in [3.8, 4) is 11.5 Å². The predicted molar refractivity (Wildman–Crippen MR) is 104 cm³/mol. The van der Waals surface area contributed by atoms with Crippen LogP contribution in [0.25, 0.3) is 0 Å². The molecule has 0 saturated carbocycles. The highest BCUT2D eigenvalue weighted by Crippen LogP contribution is 2.36. The van der Waals surface area contributed by atoms with Crippen molar-refractivity contribution in [3.63, 3.8) is 0 Å². The predicted octanol–water partition coefficient (Wildman–Crippen LogP) is 4.28. The molecule has 5 nitrogen and oxygen atoms in total. The lowest BCUT2D eigenvalue weighted by molar-refractivity contribution is 0.469. The second-order valence-corrected chi connectivity index (χ2v) is 7.43. The Morgan fingerprint density at radius 2 is 1.50 bits per heavy atom. The number of sulfonamides is 1. The van der Waals surface area contributed by atoms with Crippen LogP contribution in [0.1, 0.15) is 6.92 Å². The lowest BCUT2D eigenvalue weighted by atomic mass is 10.3. The van der Waals surface area contributed by atoms with E-state index in [0.717, 1.165) is 0 Å². The van der Waals surface area contributed by atoms with Crippen LogP contribution in [-0.4, -0.2) is 15.0 Å². The van der Waals surface area contributed by atoms with Crippen molar-refractivity contribution in [1.82, 2.24) is 0 Å². The molecule has 0 aliphatic heterocycles. The molecule has 0 aromatic heterocycles. The number of ether oxygens (including phenoxy) is 1. The van der Waals surface area contributed by atoms with E-state index in [9.17, 15) is 8.42 Å². The van der Waals surface area contributed by atoms with Gasteiger partial charge in [0, 0.05) is 6.54 Å². The van der Waals surface area contributed by atoms with Crippen LogP contribution in [0.15, 0.2) is 83.8 Å². The average molecular weight is 368 g/mol. The fourth-order valence-electron chi connectivity index (χ4n) is 2.66. The number of hydrogen-bond acceptors (Lipinski definition) is 4. The molecule has 0 fully saturated rings. The van der Waals surface area contributed by atoms with Crippen molar-refractivity contribution in [2.45, 2.75) is 11.8 Å². The van der Waals surface area contributed by atoms with E-state index in [4.69, 9.17) is 10.5 Å². The summed E-state index contributed by atoms with van der Waals surface area (Å²) in [7, 11) is -3.85. The number of rotatable bonds is 6. The Bertz CT molecular complexity index is 974. The van der Waals surface area contributed by atoms with E-state index in [1.54, 1.807) is 55.5 Å². The third kappa shape index (κ3) is 3.50. The van der Waals surface area contributed by atoms with Crippen LogP contribution >= 0.6 is 0 Å². The third-order valence-electron chi connectivity index (χ3n) is 3.87. The van der Waals surface area contributed by atoms with Crippen molar-refractivity contribution < 1.29 is 13.2 Å². The van der Waals surface area contributed by atoms with Gasteiger partial charge in [-0.3, -0.25) is 4.31 Å². The molecule has 0 saturated heterocycles. The van der Waals surface area contributed by atoms with Crippen LogP contribution < -0.4 is 14.8 Å². The quantitative estimate of drug-likeness (QED) is 0.659. The molecule has 26 heavy (non-hydrogen) atoms. The minimum atomic E-state index is -3.85. The van der Waals surface area contributed by atoms with Gasteiger partial charge in [0.1, 0.15) is 10.6 Å². The summed E-state index contributed by atoms with van der Waals surface area (Å²) in [6.45, 7) is 2.07. The van der Waals surface area contributed by atoms with Gasteiger partial charge in [-0.2, -0.15) is 0 Å². The SMILES string of the molecule is CCN(c1ccccc1)S(=O)(=O)c1cccc(N)c1Oc1ccccc1. The maximum Gasteiger partial charge on any atom is 0.268 e. The zero-order valence-corrected chi connectivity index (χ0v) is 15.2. The minimum absolute atomic E-state index is 0.0343. The second-order valence-electron chi connectivity index (χ2n) is 5.59. The highest BCUT2D eigenvalue weighted by Gasteiger charge is 2.28. The van der Waals surface area contributed by atoms with Gasteiger partial charge in [0.15, 0.2) is 5.75 Å². The smallest absolute Gasteiger partial charge is 0.268 e. The molecule has 134 valence electrons. The van der Waals surface area contributed by atoms with Gasteiger partial charge in [-0.25, -0.2) is 8.42 Å². The zero-order valence-electron chi connectivity index (χ0n) is 14.4. The van der Waals surface area contributed by atoms with Crippen molar-refractivity contribution in [2.75, 3.05) is 16.6 Å². The van der Waals surface area contributed by atoms with Crippen molar-refractivity contribution in [3.05, 3.63) is 78.9 Å². The summed E-state index contributed by atoms with van der Waals surface area (Å²) < 4.78 is 33.8. The molecule has 0 aliphatic carbocycles. The summed E-state index contributed by atoms with van der Waals surface area (Å²) >= 11 is 0. The molecule has 0 atom stereocenters. The summed E-state index contributed by atoms with van der Waals surface area (Å²) in [6.07, 6.45) is 0. The topological polar surface area (TPSA) is 72.6 Å². The van der Waals surface area contributed by atoms with Crippen molar-refractivity contribution in [1.29, 1.82) is 0 Å². The maximum atomic E-state index is 13.3. The summed E-state index contributed by atoms with van der Waals surface area (Å²) in [4.78, 5) is 0.0343. The highest BCUT2D eigenvalue weighted by atomic mass is 32.2. The van der Waals surface area contributed by atoms with Crippen LogP contribution in [0.3, 0.4) is 0 Å². The molecule has 0 aliphatic rings. The van der Waals surface area contributed by atoms with E-state index in [1.165, 1.54) is 10.4 Å². The molecular weight excluding hydrogens is 348 g/mol. The number of hydrogen-bond donors (Lipinski definition) is 1. The molecule has 0 radical (unpaired) electrons. The fourth-order valence-corrected chi connectivity index (χ4v) is 4.28. The molecule has 3 aromatic rings. The standard InChI is InChI=1S/C20H20N2O3S/c1-2-22(16-10-5-3-6-11-16)26(23,24)19-15-9-14-18(21)20(19)25-17-12-7-4-8-13-17/h3-15H,2,21H2,1H3. The monoisotopic (exact) mass is 368 g/mol. The maximum absolute atomic E-state index is 13.3. The first kappa shape index (κ1) is 17.8. The molecule has 0 amide bonds. The Balaban J connectivity index is 2.09. The van der Waals surface area contributed by atoms with Gasteiger partial charge in [-0.15, -0.1) is 0 Å². The Morgan fingerprint density at radius 1 is 0.885 bits per heavy atom. The number of benzene rings is 3. The summed E-state index contributed by atoms with van der Waals surface area (Å²) in [5, 5.41) is 0. The van der Waals surface area contributed by atoms with Gasteiger partial charge >= 0.3 is 0 Å². The van der Waals surface area contributed by atoms with Gasteiger partial charge in [0.25, 0.3) is 10.0 Å². The molecular formula is C20H20N2O3S. The average Bonchev–Trinajstić information content (AvgIpc) is 2.65. The van der Waals surface area contributed by atoms with Crippen LogP contribution in [-0.2, 0) is 10.0 Å². The lowest BCUT2D eigenvalue weighted by Gasteiger charge is -2.24. The van der Waals surface area contributed by atoms with E-state index >= 15 is 0 Å². The van der Waals surface area contributed by atoms with E-state index in [-0.39, 0.29) is 22.9 Å². The van der Waals surface area contributed by atoms with Crippen molar-refractivity contribution in [2.24, 2.45) is 0 Å². The highest BCUT2D eigenvalue weighted by molar-refractivity contribution is 7.93. The van der Waals surface area contributed by atoms with Gasteiger partial charge in [0.2, 0.25) is 0 Å². The van der Waals surface area contributed by atoms with E-state index in [1.807, 2.05) is 24.3 Å². The van der Waals surface area contributed by atoms with E-state index < -0.39 is 10.0 Å². The normalized spacial score (nSPS) is 11.1. The number of nitrogens with zero attached hydrogens (tertiary/aromatic N) is 1. The zero-order chi connectivity index (χ0) is 18.6. The Kier molecular flexibility index (Phi) is 5.14. The minimum Gasteiger partial charge on any atom is -0.454 e. The second kappa shape index (κ2) is 7.49. The first-order chi connectivity index (χ1) is 12.5. The molecule has 0 spiro atoms. The third-order valence-corrected chi connectivity index (χ3v) is 5.80.